The minimum atomic E-state index is -0.326. The Bertz CT molecular complexity index is 475. The fraction of sp³-hybridized carbons (Fsp3) is 0.571. The smallest absolute Gasteiger partial charge is 0.273 e. The number of hydrogen-bond acceptors (Lipinski definition) is 4. The Balaban J connectivity index is 1.90. The topological polar surface area (TPSA) is 58.4 Å². The summed E-state index contributed by atoms with van der Waals surface area (Å²) in [4.78, 5) is 13.1. The minimum absolute atomic E-state index is 0.175. The van der Waals surface area contributed by atoms with Gasteiger partial charge in [0.15, 0.2) is 0 Å². The fourth-order valence-corrected chi connectivity index (χ4v) is 3.01. The van der Waals surface area contributed by atoms with Gasteiger partial charge >= 0.3 is 0 Å². The van der Waals surface area contributed by atoms with Crippen molar-refractivity contribution in [3.63, 3.8) is 0 Å². The number of nitro groups is 1. The summed E-state index contributed by atoms with van der Waals surface area (Å²) in [6.45, 7) is 5.91. The van der Waals surface area contributed by atoms with Crippen molar-refractivity contribution in [1.29, 1.82) is 0 Å². The molecule has 1 aliphatic heterocycles. The molecule has 1 atom stereocenters. The number of benzene rings is 1. The quantitative estimate of drug-likeness (QED) is 0.638. The van der Waals surface area contributed by atoms with Crippen LogP contribution in [0.3, 0.4) is 0 Å². The van der Waals surface area contributed by atoms with Crippen LogP contribution in [0, 0.1) is 10.1 Å². The van der Waals surface area contributed by atoms with Gasteiger partial charge in [-0.2, -0.15) is 0 Å². The number of nitrogens with one attached hydrogen (secondary N) is 1. The maximum Gasteiger partial charge on any atom is 0.273 e. The maximum absolute atomic E-state index is 11.0. The molecule has 110 valence electrons. The van der Waals surface area contributed by atoms with Crippen LogP contribution < -0.4 is 5.32 Å². The molecule has 0 spiro atoms. The van der Waals surface area contributed by atoms with E-state index >= 15 is 0 Å². The van der Waals surface area contributed by atoms with Crippen LogP contribution in [-0.2, 0) is 6.54 Å². The number of likely N-dealkylation sites (tertiary alicyclic amines) is 1. The predicted molar refractivity (Wildman–Crippen MR) is 82.8 cm³/mol. The molecule has 0 bridgehead atoms. The summed E-state index contributed by atoms with van der Waals surface area (Å²) in [5.41, 5.74) is 0.896. The van der Waals surface area contributed by atoms with Crippen molar-refractivity contribution in [2.24, 2.45) is 0 Å². The zero-order chi connectivity index (χ0) is 14.5. The molecule has 1 fully saturated rings. The molecule has 1 saturated heterocycles. The summed E-state index contributed by atoms with van der Waals surface area (Å²) in [7, 11) is 0. The molecule has 5 nitrogen and oxygen atoms in total. The van der Waals surface area contributed by atoms with Gasteiger partial charge in [-0.1, -0.05) is 15.9 Å². The summed E-state index contributed by atoms with van der Waals surface area (Å²) < 4.78 is 0.868. The molecule has 1 N–H and O–H groups in total. The van der Waals surface area contributed by atoms with Gasteiger partial charge in [-0.25, -0.2) is 0 Å². The van der Waals surface area contributed by atoms with Crippen LogP contribution in [0.25, 0.3) is 0 Å². The third-order valence-corrected chi connectivity index (χ3v) is 4.25. The summed E-state index contributed by atoms with van der Waals surface area (Å²) in [6, 6.07) is 5.54. The van der Waals surface area contributed by atoms with Crippen molar-refractivity contribution >= 4 is 21.6 Å². The van der Waals surface area contributed by atoms with Crippen LogP contribution in [0.2, 0.25) is 0 Å². The van der Waals surface area contributed by atoms with Crippen LogP contribution in [0.4, 0.5) is 5.69 Å². The van der Waals surface area contributed by atoms with E-state index in [0.717, 1.165) is 16.6 Å². The highest BCUT2D eigenvalue weighted by atomic mass is 79.9. The van der Waals surface area contributed by atoms with Gasteiger partial charge in [0, 0.05) is 35.2 Å². The van der Waals surface area contributed by atoms with Crippen LogP contribution in [0.5, 0.6) is 0 Å². The standard InChI is InChI=1S/C14H20BrN3O2/c1-11(17-6-2-3-7-17)9-16-10-12-8-13(15)4-5-14(12)18(19)20/h4-5,8,11,16H,2-3,6-7,9-10H2,1H3. The van der Waals surface area contributed by atoms with E-state index in [4.69, 9.17) is 0 Å². The molecule has 1 aromatic carbocycles. The second-order valence-corrected chi connectivity index (χ2v) is 6.17. The first kappa shape index (κ1) is 15.4. The van der Waals surface area contributed by atoms with E-state index in [-0.39, 0.29) is 10.6 Å². The number of halogens is 1. The zero-order valence-corrected chi connectivity index (χ0v) is 13.2. The molecule has 1 aromatic rings. The molecular formula is C14H20BrN3O2. The van der Waals surface area contributed by atoms with E-state index in [1.54, 1.807) is 12.1 Å². The summed E-state index contributed by atoms with van der Waals surface area (Å²) >= 11 is 3.36. The Labute approximate surface area is 127 Å². The lowest BCUT2D eigenvalue weighted by Gasteiger charge is -2.23. The molecule has 20 heavy (non-hydrogen) atoms. The van der Waals surface area contributed by atoms with Crippen LogP contribution in [0.15, 0.2) is 22.7 Å². The molecule has 0 radical (unpaired) electrons. The number of nitro benzene ring substituents is 1. The number of nitrogens with zero attached hydrogens (tertiary/aromatic N) is 2. The minimum Gasteiger partial charge on any atom is -0.311 e. The van der Waals surface area contributed by atoms with E-state index in [2.05, 4.69) is 33.1 Å². The second-order valence-electron chi connectivity index (χ2n) is 5.25. The van der Waals surface area contributed by atoms with Gasteiger partial charge in [0.05, 0.1) is 4.92 Å². The van der Waals surface area contributed by atoms with Crippen molar-refractivity contribution in [2.45, 2.75) is 32.4 Å². The van der Waals surface area contributed by atoms with Crippen molar-refractivity contribution in [2.75, 3.05) is 19.6 Å². The molecule has 0 saturated carbocycles. The first-order chi connectivity index (χ1) is 9.58. The highest BCUT2D eigenvalue weighted by molar-refractivity contribution is 9.10. The summed E-state index contributed by atoms with van der Waals surface area (Å²) in [6.07, 6.45) is 2.56. The Morgan fingerprint density at radius 2 is 2.15 bits per heavy atom. The van der Waals surface area contributed by atoms with E-state index in [1.807, 2.05) is 6.07 Å². The van der Waals surface area contributed by atoms with E-state index in [0.29, 0.717) is 12.6 Å². The third-order valence-electron chi connectivity index (χ3n) is 3.76. The molecular weight excluding hydrogens is 322 g/mol. The van der Waals surface area contributed by atoms with Gasteiger partial charge in [0.25, 0.3) is 5.69 Å². The molecule has 1 aliphatic rings. The average molecular weight is 342 g/mol. The molecule has 6 heteroatoms. The summed E-state index contributed by atoms with van der Waals surface area (Å²) in [5.74, 6) is 0. The molecule has 0 aliphatic carbocycles. The van der Waals surface area contributed by atoms with E-state index in [9.17, 15) is 10.1 Å². The lowest BCUT2D eigenvalue weighted by Crippen LogP contribution is -2.38. The highest BCUT2D eigenvalue weighted by Crippen LogP contribution is 2.22. The van der Waals surface area contributed by atoms with Crippen molar-refractivity contribution < 1.29 is 4.92 Å². The first-order valence-electron chi connectivity index (χ1n) is 6.95. The number of rotatable bonds is 6. The van der Waals surface area contributed by atoms with Gasteiger partial charge in [0.2, 0.25) is 0 Å². The first-order valence-corrected chi connectivity index (χ1v) is 7.75. The zero-order valence-electron chi connectivity index (χ0n) is 11.6. The van der Waals surface area contributed by atoms with Gasteiger partial charge < -0.3 is 5.32 Å². The molecule has 1 heterocycles. The Kier molecular flexibility index (Phi) is 5.51. The molecule has 0 aromatic heterocycles. The summed E-state index contributed by atoms with van der Waals surface area (Å²) in [5, 5.41) is 14.3. The lowest BCUT2D eigenvalue weighted by atomic mass is 10.1. The Morgan fingerprint density at radius 3 is 2.80 bits per heavy atom. The Hall–Kier alpha value is -0.980. The van der Waals surface area contributed by atoms with Crippen molar-refractivity contribution in [3.05, 3.63) is 38.3 Å². The highest BCUT2D eigenvalue weighted by Gasteiger charge is 2.18. The predicted octanol–water partition coefficient (Wildman–Crippen LogP) is 2.93. The monoisotopic (exact) mass is 341 g/mol. The van der Waals surface area contributed by atoms with E-state index < -0.39 is 0 Å². The largest absolute Gasteiger partial charge is 0.311 e. The van der Waals surface area contributed by atoms with Gasteiger partial charge in [-0.3, -0.25) is 15.0 Å². The third kappa shape index (κ3) is 4.01. The average Bonchev–Trinajstić information content (AvgIpc) is 2.92. The van der Waals surface area contributed by atoms with Gasteiger partial charge in [-0.05, 0) is 45.0 Å². The van der Waals surface area contributed by atoms with E-state index in [1.165, 1.54) is 25.9 Å². The normalized spacial score (nSPS) is 17.3. The molecule has 2 rings (SSSR count). The Morgan fingerprint density at radius 1 is 1.45 bits per heavy atom. The second kappa shape index (κ2) is 7.15. The molecule has 0 amide bonds. The van der Waals surface area contributed by atoms with Crippen LogP contribution in [0.1, 0.15) is 25.3 Å². The SMILES string of the molecule is CC(CNCc1cc(Br)ccc1[N+](=O)[O-])N1CCCC1. The van der Waals surface area contributed by atoms with Gasteiger partial charge in [0.1, 0.15) is 0 Å². The van der Waals surface area contributed by atoms with Crippen molar-refractivity contribution in [1.82, 2.24) is 10.2 Å². The fourth-order valence-electron chi connectivity index (χ4n) is 2.60. The maximum atomic E-state index is 11.0. The van der Waals surface area contributed by atoms with Gasteiger partial charge in [-0.15, -0.1) is 0 Å². The van der Waals surface area contributed by atoms with Crippen molar-refractivity contribution in [3.8, 4) is 0 Å². The molecule has 1 unspecified atom stereocenters. The van der Waals surface area contributed by atoms with Crippen LogP contribution in [-0.4, -0.2) is 35.5 Å². The number of hydrogen-bond donors (Lipinski definition) is 1. The lowest BCUT2D eigenvalue weighted by molar-refractivity contribution is -0.385. The van der Waals surface area contributed by atoms with Crippen LogP contribution >= 0.6 is 15.9 Å².